The molecule has 0 aliphatic rings. The fourth-order valence-corrected chi connectivity index (χ4v) is 3.57. The lowest BCUT2D eigenvalue weighted by Crippen LogP contribution is -2.09. The Balaban J connectivity index is 2.32. The summed E-state index contributed by atoms with van der Waals surface area (Å²) in [6, 6.07) is 6.06. The lowest BCUT2D eigenvalue weighted by molar-refractivity contribution is 0.151. The van der Waals surface area contributed by atoms with E-state index < -0.39 is 6.43 Å². The Bertz CT molecular complexity index is 921. The molecule has 4 N–H and O–H groups in total. The van der Waals surface area contributed by atoms with Crippen molar-refractivity contribution in [2.45, 2.75) is 13.3 Å². The van der Waals surface area contributed by atoms with Gasteiger partial charge in [-0.1, -0.05) is 30.4 Å². The molecule has 0 bridgehead atoms. The quantitative estimate of drug-likeness (QED) is 0.702. The molecule has 0 spiro atoms. The molecule has 3 rings (SSSR count). The third-order valence-electron chi connectivity index (χ3n) is 3.34. The van der Waals surface area contributed by atoms with Gasteiger partial charge >= 0.3 is 0 Å². The van der Waals surface area contributed by atoms with Crippen LogP contribution in [0, 0.1) is 6.92 Å². The van der Waals surface area contributed by atoms with Crippen LogP contribution in [0.4, 0.5) is 14.5 Å². The maximum absolute atomic E-state index is 13.0. The van der Waals surface area contributed by atoms with Gasteiger partial charge in [0, 0.05) is 11.1 Å². The number of benzene rings is 1. The monoisotopic (exact) mass is 350 g/mol. The first-order chi connectivity index (χ1) is 10.9. The highest BCUT2D eigenvalue weighted by atomic mass is 32.1. The zero-order valence-corrected chi connectivity index (χ0v) is 13.6. The molecule has 2 heterocycles. The molecule has 0 aliphatic carbocycles. The van der Waals surface area contributed by atoms with Crippen LogP contribution >= 0.6 is 23.6 Å². The molecule has 0 aliphatic heterocycles. The molecule has 8 heteroatoms. The van der Waals surface area contributed by atoms with Gasteiger partial charge in [-0.3, -0.25) is 0 Å². The van der Waals surface area contributed by atoms with E-state index in [0.717, 1.165) is 0 Å². The SMILES string of the molecule is Cc1nc(-c2cccc(C(F)F)c2)c2c(N)c(C(N)=S)sc2n1. The van der Waals surface area contributed by atoms with Crippen molar-refractivity contribution in [3.05, 3.63) is 40.5 Å². The normalized spacial score (nSPS) is 11.3. The number of hydrogen-bond donors (Lipinski definition) is 2. The van der Waals surface area contributed by atoms with Gasteiger partial charge in [0.05, 0.1) is 21.6 Å². The topological polar surface area (TPSA) is 77.8 Å². The van der Waals surface area contributed by atoms with Gasteiger partial charge in [0.25, 0.3) is 6.43 Å². The van der Waals surface area contributed by atoms with Crippen LogP contribution in [0.15, 0.2) is 24.3 Å². The van der Waals surface area contributed by atoms with Crippen LogP contribution < -0.4 is 11.5 Å². The van der Waals surface area contributed by atoms with E-state index >= 15 is 0 Å². The van der Waals surface area contributed by atoms with Crippen molar-refractivity contribution in [2.75, 3.05) is 5.73 Å². The second kappa shape index (κ2) is 5.78. The van der Waals surface area contributed by atoms with E-state index in [2.05, 4.69) is 9.97 Å². The van der Waals surface area contributed by atoms with Gasteiger partial charge in [-0.25, -0.2) is 18.7 Å². The van der Waals surface area contributed by atoms with Crippen LogP contribution in [0.2, 0.25) is 0 Å². The summed E-state index contributed by atoms with van der Waals surface area (Å²) in [5, 5.41) is 0.592. The summed E-state index contributed by atoms with van der Waals surface area (Å²) in [6.07, 6.45) is -2.56. The molecule has 1 aromatic carbocycles. The summed E-state index contributed by atoms with van der Waals surface area (Å²) in [4.78, 5) is 10.1. The summed E-state index contributed by atoms with van der Waals surface area (Å²) in [6.45, 7) is 1.73. The van der Waals surface area contributed by atoms with Gasteiger partial charge in [0.15, 0.2) is 0 Å². The highest BCUT2D eigenvalue weighted by Gasteiger charge is 2.19. The number of fused-ring (bicyclic) bond motifs is 1. The van der Waals surface area contributed by atoms with Crippen molar-refractivity contribution >= 4 is 44.4 Å². The van der Waals surface area contributed by atoms with E-state index in [1.54, 1.807) is 19.1 Å². The average Bonchev–Trinajstić information content (AvgIpc) is 2.83. The number of thiocarbonyl (C=S) groups is 1. The van der Waals surface area contributed by atoms with Crippen LogP contribution in [0.3, 0.4) is 0 Å². The third kappa shape index (κ3) is 2.75. The number of rotatable bonds is 3. The summed E-state index contributed by atoms with van der Waals surface area (Å²) >= 11 is 6.27. The van der Waals surface area contributed by atoms with Gasteiger partial charge in [0.1, 0.15) is 15.6 Å². The maximum Gasteiger partial charge on any atom is 0.263 e. The molecule has 0 fully saturated rings. The minimum atomic E-state index is -2.56. The van der Waals surface area contributed by atoms with Crippen LogP contribution in [0.1, 0.15) is 22.7 Å². The molecule has 4 nitrogen and oxygen atoms in total. The van der Waals surface area contributed by atoms with E-state index in [9.17, 15) is 8.78 Å². The number of hydrogen-bond acceptors (Lipinski definition) is 5. The number of aromatic nitrogens is 2. The molecule has 0 atom stereocenters. The first kappa shape index (κ1) is 15.7. The van der Waals surface area contributed by atoms with E-state index in [0.29, 0.717) is 37.9 Å². The summed E-state index contributed by atoms with van der Waals surface area (Å²) in [5.74, 6) is 0.519. The molecular formula is C15H12F2N4S2. The fourth-order valence-electron chi connectivity index (χ4n) is 2.34. The first-order valence-electron chi connectivity index (χ1n) is 6.63. The van der Waals surface area contributed by atoms with Crippen molar-refractivity contribution in [3.8, 4) is 11.3 Å². The minimum absolute atomic E-state index is 0.0738. The first-order valence-corrected chi connectivity index (χ1v) is 7.86. The van der Waals surface area contributed by atoms with Crippen LogP contribution in [-0.2, 0) is 0 Å². The van der Waals surface area contributed by atoms with Gasteiger partial charge in [-0.05, 0) is 13.0 Å². The molecule has 2 aromatic heterocycles. The Hall–Kier alpha value is -2.19. The molecule has 0 radical (unpaired) electrons. The summed E-state index contributed by atoms with van der Waals surface area (Å²) in [7, 11) is 0. The number of anilines is 1. The second-order valence-corrected chi connectivity index (χ2v) is 6.37. The predicted molar refractivity (Wildman–Crippen MR) is 92.8 cm³/mol. The van der Waals surface area contributed by atoms with Gasteiger partial charge in [-0.15, -0.1) is 11.3 Å². The molecule has 0 amide bonds. The number of alkyl halides is 2. The summed E-state index contributed by atoms with van der Waals surface area (Å²) in [5.41, 5.74) is 13.2. The number of nitrogens with zero attached hydrogens (tertiary/aromatic N) is 2. The smallest absolute Gasteiger partial charge is 0.263 e. The number of aryl methyl sites for hydroxylation is 1. The number of nitrogen functional groups attached to an aromatic ring is 1. The third-order valence-corrected chi connectivity index (χ3v) is 4.80. The van der Waals surface area contributed by atoms with E-state index in [-0.39, 0.29) is 10.6 Å². The Morgan fingerprint density at radius 1 is 1.30 bits per heavy atom. The number of halogens is 2. The van der Waals surface area contributed by atoms with Crippen LogP contribution in [-0.4, -0.2) is 15.0 Å². The Labute approximate surface area is 140 Å². The molecule has 0 saturated carbocycles. The van der Waals surface area contributed by atoms with Crippen LogP contribution in [0.5, 0.6) is 0 Å². The molecule has 118 valence electrons. The molecule has 0 saturated heterocycles. The summed E-state index contributed by atoms with van der Waals surface area (Å²) < 4.78 is 25.9. The zero-order valence-electron chi connectivity index (χ0n) is 12.0. The van der Waals surface area contributed by atoms with E-state index in [1.165, 1.54) is 23.5 Å². The average molecular weight is 350 g/mol. The standard InChI is InChI=1S/C15H12F2N4S2/c1-6-20-11(7-3-2-4-8(5-7)13(16)17)9-10(18)12(14(19)22)23-15(9)21-6/h2-5,13H,18H2,1H3,(H2,19,22). The molecule has 23 heavy (non-hydrogen) atoms. The zero-order chi connectivity index (χ0) is 16.7. The Morgan fingerprint density at radius 2 is 2.04 bits per heavy atom. The lowest BCUT2D eigenvalue weighted by atomic mass is 10.0. The predicted octanol–water partition coefficient (Wildman–Crippen LogP) is 3.82. The number of nitrogens with two attached hydrogens (primary N) is 2. The Kier molecular flexibility index (Phi) is 3.95. The van der Waals surface area contributed by atoms with Gasteiger partial charge in [0.2, 0.25) is 0 Å². The van der Waals surface area contributed by atoms with Crippen LogP contribution in [0.25, 0.3) is 21.5 Å². The largest absolute Gasteiger partial charge is 0.397 e. The molecular weight excluding hydrogens is 338 g/mol. The highest BCUT2D eigenvalue weighted by Crippen LogP contribution is 2.38. The van der Waals surface area contributed by atoms with Crippen molar-refractivity contribution < 1.29 is 8.78 Å². The molecule has 0 unspecified atom stereocenters. The van der Waals surface area contributed by atoms with Crippen molar-refractivity contribution in [3.63, 3.8) is 0 Å². The van der Waals surface area contributed by atoms with Gasteiger partial charge in [-0.2, -0.15) is 0 Å². The maximum atomic E-state index is 13.0. The second-order valence-electron chi connectivity index (χ2n) is 4.93. The Morgan fingerprint density at radius 3 is 2.70 bits per heavy atom. The van der Waals surface area contributed by atoms with Gasteiger partial charge < -0.3 is 11.5 Å². The van der Waals surface area contributed by atoms with E-state index in [4.69, 9.17) is 23.7 Å². The van der Waals surface area contributed by atoms with Crippen molar-refractivity contribution in [1.82, 2.24) is 9.97 Å². The lowest BCUT2D eigenvalue weighted by Gasteiger charge is -2.07. The molecule has 3 aromatic rings. The fraction of sp³-hybridized carbons (Fsp3) is 0.133. The van der Waals surface area contributed by atoms with E-state index in [1.807, 2.05) is 0 Å². The van der Waals surface area contributed by atoms with Crippen molar-refractivity contribution in [2.24, 2.45) is 5.73 Å². The number of thiophene rings is 1. The highest BCUT2D eigenvalue weighted by molar-refractivity contribution is 7.81. The van der Waals surface area contributed by atoms with Crippen molar-refractivity contribution in [1.29, 1.82) is 0 Å². The minimum Gasteiger partial charge on any atom is -0.397 e.